The van der Waals surface area contributed by atoms with Gasteiger partial charge in [-0.2, -0.15) is 18.3 Å². The molecule has 28 heavy (non-hydrogen) atoms. The lowest BCUT2D eigenvalue weighted by atomic mass is 10.0. The number of thiocarbonyl (C=S) groups is 1. The molecule has 0 spiro atoms. The summed E-state index contributed by atoms with van der Waals surface area (Å²) in [6.45, 7) is 3.71. The van der Waals surface area contributed by atoms with Crippen LogP contribution < -0.4 is 16.1 Å². The smallest absolute Gasteiger partial charge is 0.375 e. The summed E-state index contributed by atoms with van der Waals surface area (Å²) in [7, 11) is 0. The summed E-state index contributed by atoms with van der Waals surface area (Å²) in [6.07, 6.45) is -3.23. The van der Waals surface area contributed by atoms with E-state index >= 15 is 0 Å². The molecule has 3 rings (SSSR count). The Hall–Kier alpha value is -2.94. The van der Waals surface area contributed by atoms with Crippen molar-refractivity contribution >= 4 is 40.8 Å². The van der Waals surface area contributed by atoms with Gasteiger partial charge in [-0.05, 0) is 67.0 Å². The van der Waals surface area contributed by atoms with Gasteiger partial charge in [-0.25, -0.2) is 0 Å². The number of carbonyl (C=O) groups excluding carboxylic acids is 1. The number of nitrogens with zero attached hydrogens (tertiary/aromatic N) is 2. The second-order valence-corrected chi connectivity index (χ2v) is 6.96. The summed E-state index contributed by atoms with van der Waals surface area (Å²) in [5.74, 6) is -1.27. The Bertz CT molecular complexity index is 967. The molecule has 0 aromatic heterocycles. The van der Waals surface area contributed by atoms with E-state index < -0.39 is 23.6 Å². The van der Waals surface area contributed by atoms with Crippen LogP contribution in [-0.2, 0) is 11.0 Å². The summed E-state index contributed by atoms with van der Waals surface area (Å²) in [6, 6.07) is 8.67. The van der Waals surface area contributed by atoms with E-state index in [9.17, 15) is 18.0 Å². The molecule has 1 aliphatic rings. The minimum absolute atomic E-state index is 0.0829. The average molecular weight is 406 g/mol. The van der Waals surface area contributed by atoms with Crippen LogP contribution in [0.2, 0.25) is 0 Å². The van der Waals surface area contributed by atoms with Crippen molar-refractivity contribution in [3.63, 3.8) is 0 Å². The largest absolute Gasteiger partial charge is 0.416 e. The Balaban J connectivity index is 2.14. The lowest BCUT2D eigenvalue weighted by molar-refractivity contribution is -0.137. The fourth-order valence-electron chi connectivity index (χ4n) is 3.23. The number of nitrogens with two attached hydrogens (primary N) is 1. The van der Waals surface area contributed by atoms with Gasteiger partial charge in [0.25, 0.3) is 0 Å². The first-order valence-electron chi connectivity index (χ1n) is 8.30. The molecule has 0 saturated carbocycles. The van der Waals surface area contributed by atoms with E-state index in [1.54, 1.807) is 12.1 Å². The number of hydrazone groups is 1. The van der Waals surface area contributed by atoms with Crippen LogP contribution in [0, 0.1) is 13.8 Å². The first-order valence-corrected chi connectivity index (χ1v) is 8.71. The van der Waals surface area contributed by atoms with Gasteiger partial charge in [0, 0.05) is 11.9 Å². The Morgan fingerprint density at radius 3 is 2.43 bits per heavy atom. The Morgan fingerprint density at radius 1 is 1.21 bits per heavy atom. The number of benzene rings is 2. The summed E-state index contributed by atoms with van der Waals surface area (Å²) in [4.78, 5) is 14.4. The van der Waals surface area contributed by atoms with Gasteiger partial charge in [-0.15, -0.1) is 0 Å². The third kappa shape index (κ3) is 3.84. The number of alkyl halides is 3. The van der Waals surface area contributed by atoms with Gasteiger partial charge in [0.15, 0.2) is 5.11 Å². The summed E-state index contributed by atoms with van der Waals surface area (Å²) in [5.41, 5.74) is 9.73. The maximum Gasteiger partial charge on any atom is 0.416 e. The van der Waals surface area contributed by atoms with E-state index in [4.69, 9.17) is 5.73 Å². The van der Waals surface area contributed by atoms with Gasteiger partial charge >= 0.3 is 6.18 Å². The lowest BCUT2D eigenvalue weighted by Gasteiger charge is -2.20. The highest BCUT2D eigenvalue weighted by Crippen LogP contribution is 2.44. The van der Waals surface area contributed by atoms with Crippen LogP contribution in [0.5, 0.6) is 0 Å². The molecule has 146 valence electrons. The summed E-state index contributed by atoms with van der Waals surface area (Å²) >= 11 is 4.66. The van der Waals surface area contributed by atoms with Crippen molar-refractivity contribution in [2.24, 2.45) is 10.8 Å². The van der Waals surface area contributed by atoms with E-state index in [1.165, 1.54) is 17.2 Å². The molecular formula is C19H17F3N4OS. The number of hydrogen-bond donors (Lipinski definition) is 2. The molecule has 9 heteroatoms. The molecule has 1 atom stereocenters. The third-order valence-corrected chi connectivity index (χ3v) is 4.37. The maximum atomic E-state index is 13.2. The molecule has 0 bridgehead atoms. The predicted octanol–water partition coefficient (Wildman–Crippen LogP) is 3.90. The van der Waals surface area contributed by atoms with Crippen LogP contribution in [0.25, 0.3) is 0 Å². The molecule has 2 aromatic rings. The van der Waals surface area contributed by atoms with Gasteiger partial charge in [-0.1, -0.05) is 12.1 Å². The van der Waals surface area contributed by atoms with E-state index in [1.807, 2.05) is 19.9 Å². The lowest BCUT2D eigenvalue weighted by Crippen LogP contribution is -2.27. The van der Waals surface area contributed by atoms with E-state index in [0.717, 1.165) is 23.3 Å². The fourth-order valence-corrected chi connectivity index (χ4v) is 3.29. The monoisotopic (exact) mass is 406 g/mol. The number of carbonyl (C=O) groups is 1. The Morgan fingerprint density at radius 2 is 1.86 bits per heavy atom. The number of halogens is 3. The summed E-state index contributed by atoms with van der Waals surface area (Å²) < 4.78 is 39.7. The molecule has 0 fully saturated rings. The zero-order valence-corrected chi connectivity index (χ0v) is 15.9. The molecular weight excluding hydrogens is 389 g/mol. The van der Waals surface area contributed by atoms with Crippen molar-refractivity contribution in [1.29, 1.82) is 0 Å². The van der Waals surface area contributed by atoms with Gasteiger partial charge in [-0.3, -0.25) is 15.1 Å². The number of nitrogens with one attached hydrogen (secondary N) is 1. The topological polar surface area (TPSA) is 70.7 Å². The second kappa shape index (κ2) is 7.23. The van der Waals surface area contributed by atoms with Crippen molar-refractivity contribution in [3.05, 3.63) is 58.7 Å². The van der Waals surface area contributed by atoms with Gasteiger partial charge < -0.3 is 5.73 Å². The van der Waals surface area contributed by atoms with E-state index in [2.05, 4.69) is 22.7 Å². The molecule has 5 nitrogen and oxygen atoms in total. The second-order valence-electron chi connectivity index (χ2n) is 6.52. The maximum absolute atomic E-state index is 13.2. The molecule has 0 radical (unpaired) electrons. The molecule has 1 amide bonds. The number of amides is 1. The molecule has 1 heterocycles. The first kappa shape index (κ1) is 19.8. The van der Waals surface area contributed by atoms with Crippen molar-refractivity contribution in [2.75, 3.05) is 4.90 Å². The zero-order valence-electron chi connectivity index (χ0n) is 15.0. The first-order chi connectivity index (χ1) is 13.1. The Labute approximate surface area is 165 Å². The van der Waals surface area contributed by atoms with Crippen LogP contribution in [0.15, 0.2) is 41.5 Å². The Kier molecular flexibility index (Phi) is 5.12. The highest BCUT2D eigenvalue weighted by molar-refractivity contribution is 7.80. The highest BCUT2D eigenvalue weighted by Gasteiger charge is 2.40. The molecule has 1 aliphatic heterocycles. The molecule has 3 N–H and O–H groups in total. The van der Waals surface area contributed by atoms with Gasteiger partial charge in [0.2, 0.25) is 5.91 Å². The van der Waals surface area contributed by atoms with Gasteiger partial charge in [0.05, 0.1) is 11.3 Å². The quantitative estimate of drug-likeness (QED) is 0.461. The number of fused-ring (bicyclic) bond motifs is 1. The van der Waals surface area contributed by atoms with Crippen molar-refractivity contribution in [2.45, 2.75) is 25.9 Å². The normalized spacial score (nSPS) is 16.5. The number of anilines is 2. The zero-order chi connectivity index (χ0) is 20.6. The number of hydrogen-bond acceptors (Lipinski definition) is 3. The molecule has 2 aromatic carbocycles. The SMILES string of the molecule is Cc1cc(C)cc(N2C(=O)C(/C=N\NC(N)=S)c3ccc(C(F)(F)F)cc32)c1. The standard InChI is InChI=1S/C19H17F3N4OS/c1-10-5-11(2)7-13(6-10)26-16-8-12(19(20,21)22)3-4-14(16)15(17(26)27)9-24-25-18(23)28/h3-9,15H,1-2H3,(H3,23,25,28)/b24-9-. The van der Waals surface area contributed by atoms with Crippen LogP contribution in [0.1, 0.15) is 28.2 Å². The highest BCUT2D eigenvalue weighted by atomic mass is 32.1. The van der Waals surface area contributed by atoms with Gasteiger partial charge in [0.1, 0.15) is 5.92 Å². The molecule has 0 saturated heterocycles. The number of rotatable bonds is 3. The van der Waals surface area contributed by atoms with Crippen molar-refractivity contribution < 1.29 is 18.0 Å². The number of aryl methyl sites for hydroxylation is 2. The third-order valence-electron chi connectivity index (χ3n) is 4.28. The molecule has 1 unspecified atom stereocenters. The molecule has 0 aliphatic carbocycles. The van der Waals surface area contributed by atoms with Crippen LogP contribution in [0.3, 0.4) is 0 Å². The van der Waals surface area contributed by atoms with Crippen LogP contribution in [-0.4, -0.2) is 17.2 Å². The van der Waals surface area contributed by atoms with Crippen LogP contribution >= 0.6 is 12.2 Å². The predicted molar refractivity (Wildman–Crippen MR) is 106 cm³/mol. The van der Waals surface area contributed by atoms with Crippen molar-refractivity contribution in [3.8, 4) is 0 Å². The minimum atomic E-state index is -4.52. The minimum Gasteiger partial charge on any atom is -0.375 e. The fraction of sp³-hybridized carbons (Fsp3) is 0.211. The van der Waals surface area contributed by atoms with E-state index in [-0.39, 0.29) is 10.8 Å². The van der Waals surface area contributed by atoms with Crippen molar-refractivity contribution in [1.82, 2.24) is 5.43 Å². The van der Waals surface area contributed by atoms with E-state index in [0.29, 0.717) is 11.3 Å². The average Bonchev–Trinajstić information content (AvgIpc) is 2.84. The summed E-state index contributed by atoms with van der Waals surface area (Å²) in [5, 5.41) is 3.74. The van der Waals surface area contributed by atoms with Crippen LogP contribution in [0.4, 0.5) is 24.5 Å².